The van der Waals surface area contributed by atoms with Crippen LogP contribution in [0, 0.1) is 0 Å². The van der Waals surface area contributed by atoms with Gasteiger partial charge in [-0.25, -0.2) is 8.42 Å². The number of hydrogen-bond acceptors (Lipinski definition) is 3. The van der Waals surface area contributed by atoms with E-state index in [1.807, 2.05) is 0 Å². The molecule has 0 atom stereocenters. The van der Waals surface area contributed by atoms with Gasteiger partial charge in [0.25, 0.3) is 0 Å². The topological polar surface area (TPSA) is 83.5 Å². The fraction of sp³-hybridized carbons (Fsp3) is 0.222. The minimum absolute atomic E-state index is 0.0643. The average molecular weight is 362 g/mol. The number of aliphatic carboxylic acids is 1. The SMILES string of the molecule is O=C(O)CS(=O)(=O)Nc1cc(C(F)(F)F)ccc1Br. The van der Waals surface area contributed by atoms with Crippen LogP contribution in [-0.4, -0.2) is 25.2 Å². The summed E-state index contributed by atoms with van der Waals surface area (Å²) in [5.74, 6) is -2.86. The van der Waals surface area contributed by atoms with Crippen molar-refractivity contribution in [2.45, 2.75) is 6.18 Å². The summed E-state index contributed by atoms with van der Waals surface area (Å²) < 4.78 is 61.9. The zero-order chi connectivity index (χ0) is 14.8. The summed E-state index contributed by atoms with van der Waals surface area (Å²) in [6.07, 6.45) is -4.63. The fourth-order valence-electron chi connectivity index (χ4n) is 1.15. The van der Waals surface area contributed by atoms with Crippen molar-refractivity contribution in [2.24, 2.45) is 0 Å². The first-order valence-electron chi connectivity index (χ1n) is 4.60. The van der Waals surface area contributed by atoms with Gasteiger partial charge in [-0.05, 0) is 34.1 Å². The maximum atomic E-state index is 12.5. The van der Waals surface area contributed by atoms with Crippen molar-refractivity contribution in [3.05, 3.63) is 28.2 Å². The number of nitrogens with one attached hydrogen (secondary N) is 1. The average Bonchev–Trinajstić information content (AvgIpc) is 2.17. The highest BCUT2D eigenvalue weighted by atomic mass is 79.9. The van der Waals surface area contributed by atoms with E-state index < -0.39 is 33.5 Å². The van der Waals surface area contributed by atoms with Crippen molar-refractivity contribution in [3.8, 4) is 0 Å². The van der Waals surface area contributed by atoms with Gasteiger partial charge in [0.2, 0.25) is 10.0 Å². The third-order valence-corrected chi connectivity index (χ3v) is 3.72. The molecule has 0 aliphatic carbocycles. The molecule has 106 valence electrons. The molecule has 0 bridgehead atoms. The third kappa shape index (κ3) is 4.71. The van der Waals surface area contributed by atoms with Crippen molar-refractivity contribution in [1.29, 1.82) is 0 Å². The molecule has 0 amide bonds. The van der Waals surface area contributed by atoms with Crippen LogP contribution in [0.1, 0.15) is 5.56 Å². The minimum atomic E-state index is -4.63. The lowest BCUT2D eigenvalue weighted by molar-refractivity contribution is -0.137. The van der Waals surface area contributed by atoms with E-state index in [2.05, 4.69) is 15.9 Å². The molecule has 2 N–H and O–H groups in total. The van der Waals surface area contributed by atoms with Crippen LogP contribution in [0.2, 0.25) is 0 Å². The van der Waals surface area contributed by atoms with Gasteiger partial charge in [-0.2, -0.15) is 13.2 Å². The molecule has 0 unspecified atom stereocenters. The molecule has 0 aliphatic rings. The Bertz CT molecular complexity index is 600. The second kappa shape index (κ2) is 5.37. The van der Waals surface area contributed by atoms with Crippen LogP contribution < -0.4 is 4.72 Å². The molecule has 0 saturated heterocycles. The standard InChI is InChI=1S/C9H7BrF3NO4S/c10-6-2-1-5(9(11,12)13)3-7(6)14-19(17,18)4-8(15)16/h1-3,14H,4H2,(H,15,16). The highest BCUT2D eigenvalue weighted by molar-refractivity contribution is 9.10. The number of sulfonamides is 1. The predicted octanol–water partition coefficient (Wildman–Crippen LogP) is 2.29. The van der Waals surface area contributed by atoms with Gasteiger partial charge in [-0.3, -0.25) is 9.52 Å². The predicted molar refractivity (Wildman–Crippen MR) is 64.2 cm³/mol. The van der Waals surface area contributed by atoms with Crippen molar-refractivity contribution < 1.29 is 31.5 Å². The number of benzene rings is 1. The van der Waals surface area contributed by atoms with Crippen molar-refractivity contribution in [3.63, 3.8) is 0 Å². The largest absolute Gasteiger partial charge is 0.480 e. The Balaban J connectivity index is 3.11. The zero-order valence-electron chi connectivity index (χ0n) is 9.03. The van der Waals surface area contributed by atoms with Crippen LogP contribution in [0.25, 0.3) is 0 Å². The highest BCUT2D eigenvalue weighted by Gasteiger charge is 2.31. The normalized spacial score (nSPS) is 12.2. The number of rotatable bonds is 4. The van der Waals surface area contributed by atoms with Gasteiger partial charge in [0.15, 0.2) is 5.75 Å². The second-order valence-electron chi connectivity index (χ2n) is 3.45. The van der Waals surface area contributed by atoms with Crippen LogP contribution in [0.15, 0.2) is 22.7 Å². The molecule has 0 saturated carbocycles. The Morgan fingerprint density at radius 3 is 2.42 bits per heavy atom. The summed E-state index contributed by atoms with van der Waals surface area (Å²) in [4.78, 5) is 10.3. The van der Waals surface area contributed by atoms with Crippen LogP contribution in [0.5, 0.6) is 0 Å². The van der Waals surface area contributed by atoms with E-state index in [0.717, 1.165) is 12.1 Å². The van der Waals surface area contributed by atoms with Crippen LogP contribution in [0.3, 0.4) is 0 Å². The van der Waals surface area contributed by atoms with Crippen LogP contribution in [0.4, 0.5) is 18.9 Å². The Morgan fingerprint density at radius 1 is 1.37 bits per heavy atom. The molecule has 1 rings (SSSR count). The third-order valence-electron chi connectivity index (χ3n) is 1.87. The molecule has 5 nitrogen and oxygen atoms in total. The summed E-state index contributed by atoms with van der Waals surface area (Å²) in [6, 6.07) is 2.35. The monoisotopic (exact) mass is 361 g/mol. The summed E-state index contributed by atoms with van der Waals surface area (Å²) in [5, 5.41) is 8.37. The Labute approximate surface area is 114 Å². The Morgan fingerprint density at radius 2 is 1.95 bits per heavy atom. The number of hydrogen-bond donors (Lipinski definition) is 2. The first-order chi connectivity index (χ1) is 8.51. The molecule has 0 aliphatic heterocycles. The first-order valence-corrected chi connectivity index (χ1v) is 7.05. The summed E-state index contributed by atoms with van der Waals surface area (Å²) in [6.45, 7) is 0. The fourth-order valence-corrected chi connectivity index (χ4v) is 2.52. The van der Waals surface area contributed by atoms with Crippen molar-refractivity contribution >= 4 is 37.6 Å². The van der Waals surface area contributed by atoms with Gasteiger partial charge >= 0.3 is 12.1 Å². The van der Waals surface area contributed by atoms with Gasteiger partial charge < -0.3 is 5.11 Å². The summed E-state index contributed by atoms with van der Waals surface area (Å²) in [7, 11) is -4.27. The molecular weight excluding hydrogens is 355 g/mol. The van der Waals surface area contributed by atoms with E-state index in [9.17, 15) is 26.4 Å². The summed E-state index contributed by atoms with van der Waals surface area (Å²) in [5.41, 5.74) is -1.43. The first kappa shape index (κ1) is 15.8. The van der Waals surface area contributed by atoms with Gasteiger partial charge in [0.1, 0.15) is 0 Å². The molecule has 0 fully saturated rings. The molecule has 10 heteroatoms. The number of anilines is 1. The number of carbonyl (C=O) groups is 1. The van der Waals surface area contributed by atoms with Gasteiger partial charge in [0.05, 0.1) is 11.3 Å². The number of carboxylic acid groups (broad SMARTS) is 1. The Hall–Kier alpha value is -1.29. The van der Waals surface area contributed by atoms with E-state index in [4.69, 9.17) is 5.11 Å². The molecule has 0 heterocycles. The molecular formula is C9H7BrF3NO4S. The van der Waals surface area contributed by atoms with Crippen LogP contribution in [-0.2, 0) is 21.0 Å². The summed E-state index contributed by atoms with van der Waals surface area (Å²) >= 11 is 2.87. The lowest BCUT2D eigenvalue weighted by Crippen LogP contribution is -2.22. The quantitative estimate of drug-likeness (QED) is 0.861. The molecule has 1 aromatic rings. The van der Waals surface area contributed by atoms with E-state index in [-0.39, 0.29) is 10.2 Å². The van der Waals surface area contributed by atoms with E-state index in [1.54, 1.807) is 4.72 Å². The maximum Gasteiger partial charge on any atom is 0.416 e. The minimum Gasteiger partial charge on any atom is -0.480 e. The van der Waals surface area contributed by atoms with E-state index >= 15 is 0 Å². The van der Waals surface area contributed by atoms with Gasteiger partial charge in [-0.15, -0.1) is 0 Å². The molecule has 0 radical (unpaired) electrons. The Kier molecular flexibility index (Phi) is 4.46. The number of carboxylic acids is 1. The molecule has 0 spiro atoms. The van der Waals surface area contributed by atoms with Gasteiger partial charge in [-0.1, -0.05) is 0 Å². The molecule has 19 heavy (non-hydrogen) atoms. The van der Waals surface area contributed by atoms with E-state index in [1.165, 1.54) is 0 Å². The second-order valence-corrected chi connectivity index (χ2v) is 6.02. The smallest absolute Gasteiger partial charge is 0.416 e. The molecule has 1 aromatic carbocycles. The van der Waals surface area contributed by atoms with E-state index in [0.29, 0.717) is 6.07 Å². The van der Waals surface area contributed by atoms with Crippen LogP contribution >= 0.6 is 15.9 Å². The highest BCUT2D eigenvalue weighted by Crippen LogP contribution is 2.34. The maximum absolute atomic E-state index is 12.5. The number of alkyl halides is 3. The molecule has 0 aromatic heterocycles. The van der Waals surface area contributed by atoms with Crippen molar-refractivity contribution in [2.75, 3.05) is 10.5 Å². The zero-order valence-corrected chi connectivity index (χ0v) is 11.4. The lowest BCUT2D eigenvalue weighted by Gasteiger charge is -2.12. The van der Waals surface area contributed by atoms with Crippen molar-refractivity contribution in [1.82, 2.24) is 0 Å². The lowest BCUT2D eigenvalue weighted by atomic mass is 10.2. The number of halogens is 4. The van der Waals surface area contributed by atoms with Gasteiger partial charge in [0, 0.05) is 4.47 Å².